The van der Waals surface area contributed by atoms with Gasteiger partial charge < -0.3 is 18.9 Å². The molecule has 2 aliphatic heterocycles. The van der Waals surface area contributed by atoms with Crippen LogP contribution in [0.3, 0.4) is 0 Å². The lowest BCUT2D eigenvalue weighted by atomic mass is 9.44. The fourth-order valence-electron chi connectivity index (χ4n) is 12.2. The highest BCUT2D eigenvalue weighted by Crippen LogP contribution is 2.67. The van der Waals surface area contributed by atoms with Crippen molar-refractivity contribution in [3.05, 3.63) is 35.4 Å². The summed E-state index contributed by atoms with van der Waals surface area (Å²) < 4.78 is 24.5. The standard InChI is InChI=1S/C36H44O4/c1-3-30(35-11-21-5-22(12-35)7-23(6-21)13-35)33(36-14-24-8-25(15-36)10-26(9-24)16-36)32-27(1)2-4-31(39-19-28-17-37-28)34(32)40-20-29-18-38-29/h1-4,21-26,28-29H,5-20H2. The summed E-state index contributed by atoms with van der Waals surface area (Å²) >= 11 is 0. The Bertz CT molecular complexity index is 1280. The van der Waals surface area contributed by atoms with Crippen molar-refractivity contribution in [3.8, 4) is 11.5 Å². The maximum Gasteiger partial charge on any atom is 0.169 e. The van der Waals surface area contributed by atoms with Crippen LogP contribution in [0.1, 0.15) is 88.2 Å². The molecule has 2 aromatic carbocycles. The molecule has 8 bridgehead atoms. The van der Waals surface area contributed by atoms with Gasteiger partial charge in [0.25, 0.3) is 0 Å². The van der Waals surface area contributed by atoms with E-state index in [1.54, 1.807) is 11.1 Å². The van der Waals surface area contributed by atoms with Gasteiger partial charge in [0.15, 0.2) is 11.5 Å². The van der Waals surface area contributed by atoms with E-state index in [1.807, 2.05) is 0 Å². The number of hydrogen-bond acceptors (Lipinski definition) is 4. The second-order valence-electron chi connectivity index (χ2n) is 15.9. The van der Waals surface area contributed by atoms with Crippen LogP contribution in [-0.4, -0.2) is 38.6 Å². The molecule has 8 saturated carbocycles. The first-order valence-electron chi connectivity index (χ1n) is 16.7. The van der Waals surface area contributed by atoms with Crippen molar-refractivity contribution >= 4 is 10.8 Å². The molecule has 0 radical (unpaired) electrons. The zero-order valence-electron chi connectivity index (χ0n) is 23.9. The van der Waals surface area contributed by atoms with E-state index in [1.165, 1.54) is 87.8 Å². The van der Waals surface area contributed by atoms with E-state index < -0.39 is 0 Å². The molecule has 0 spiro atoms. The third kappa shape index (κ3) is 3.70. The molecule has 8 aliphatic carbocycles. The van der Waals surface area contributed by atoms with Gasteiger partial charge >= 0.3 is 0 Å². The summed E-state index contributed by atoms with van der Waals surface area (Å²) in [6.45, 7) is 2.87. The number of benzene rings is 2. The number of ether oxygens (including phenoxy) is 4. The summed E-state index contributed by atoms with van der Waals surface area (Å²) in [4.78, 5) is 0. The first-order chi connectivity index (χ1) is 19.6. The van der Waals surface area contributed by atoms with E-state index in [0.29, 0.717) is 24.0 Å². The second-order valence-corrected chi connectivity index (χ2v) is 15.9. The molecule has 40 heavy (non-hydrogen) atoms. The molecule has 4 heteroatoms. The molecule has 2 atom stereocenters. The highest BCUT2D eigenvalue weighted by Gasteiger charge is 2.57. The van der Waals surface area contributed by atoms with E-state index >= 15 is 0 Å². The average Bonchev–Trinajstić information content (AvgIpc) is 3.84. The molecule has 2 unspecified atom stereocenters. The van der Waals surface area contributed by atoms with Crippen LogP contribution in [0.4, 0.5) is 0 Å². The predicted octanol–water partition coefficient (Wildman–Crippen LogP) is 7.33. The second kappa shape index (κ2) is 8.40. The molecular formula is C36H44O4. The minimum atomic E-state index is 0.226. The van der Waals surface area contributed by atoms with Gasteiger partial charge in [0.1, 0.15) is 25.4 Å². The van der Waals surface area contributed by atoms with Gasteiger partial charge in [0, 0.05) is 5.39 Å². The number of hydrogen-bond donors (Lipinski definition) is 0. The maximum absolute atomic E-state index is 6.81. The Balaban J connectivity index is 1.20. The molecule has 2 heterocycles. The van der Waals surface area contributed by atoms with Crippen molar-refractivity contribution < 1.29 is 18.9 Å². The van der Waals surface area contributed by atoms with Gasteiger partial charge in [-0.15, -0.1) is 0 Å². The van der Waals surface area contributed by atoms with E-state index in [0.717, 1.165) is 60.2 Å². The topological polar surface area (TPSA) is 43.5 Å². The van der Waals surface area contributed by atoms with Gasteiger partial charge in [-0.2, -0.15) is 0 Å². The van der Waals surface area contributed by atoms with Crippen LogP contribution in [-0.2, 0) is 20.3 Å². The third-order valence-electron chi connectivity index (χ3n) is 12.9. The normalized spacial score (nSPS) is 45.3. The zero-order chi connectivity index (χ0) is 26.1. The Morgan fingerprint density at radius 3 is 1.60 bits per heavy atom. The number of rotatable bonds is 8. The summed E-state index contributed by atoms with van der Waals surface area (Å²) in [5, 5.41) is 2.76. The van der Waals surface area contributed by atoms with E-state index in [4.69, 9.17) is 18.9 Å². The summed E-state index contributed by atoms with van der Waals surface area (Å²) in [6, 6.07) is 9.59. The molecule has 212 valence electrons. The van der Waals surface area contributed by atoms with Crippen molar-refractivity contribution in [3.63, 3.8) is 0 Å². The SMILES string of the molecule is c1cc2ccc(C34CC5CC(CC(C5)C3)C4)c(C34CC5CC(CC(C5)C3)C4)c2c(OCC2CO2)c1OCC1CO1. The van der Waals surface area contributed by atoms with E-state index in [9.17, 15) is 0 Å². The Hall–Kier alpha value is -1.78. The molecule has 2 saturated heterocycles. The Morgan fingerprint density at radius 1 is 0.600 bits per heavy atom. The first-order valence-corrected chi connectivity index (χ1v) is 16.7. The average molecular weight is 541 g/mol. The van der Waals surface area contributed by atoms with E-state index in [2.05, 4.69) is 24.3 Å². The molecule has 10 fully saturated rings. The summed E-state index contributed by atoms with van der Waals surface area (Å²) in [7, 11) is 0. The van der Waals surface area contributed by atoms with Gasteiger partial charge in [0.05, 0.1) is 13.2 Å². The fraction of sp³-hybridized carbons (Fsp3) is 0.722. The highest BCUT2D eigenvalue weighted by molar-refractivity contribution is 5.96. The monoisotopic (exact) mass is 540 g/mol. The molecular weight excluding hydrogens is 496 g/mol. The van der Waals surface area contributed by atoms with Gasteiger partial charge in [-0.05, 0) is 146 Å². The van der Waals surface area contributed by atoms with Crippen molar-refractivity contribution in [1.29, 1.82) is 0 Å². The van der Waals surface area contributed by atoms with Gasteiger partial charge in [-0.1, -0.05) is 18.2 Å². The smallest absolute Gasteiger partial charge is 0.169 e. The molecule has 0 N–H and O–H groups in total. The van der Waals surface area contributed by atoms with Crippen LogP contribution in [0.15, 0.2) is 24.3 Å². The first kappa shape index (κ1) is 23.7. The molecule has 2 aromatic rings. The van der Waals surface area contributed by atoms with Crippen LogP contribution in [0, 0.1) is 35.5 Å². The maximum atomic E-state index is 6.81. The largest absolute Gasteiger partial charge is 0.487 e. The lowest BCUT2D eigenvalue weighted by Crippen LogP contribution is -2.52. The zero-order valence-corrected chi connectivity index (χ0v) is 23.9. The minimum Gasteiger partial charge on any atom is -0.487 e. The minimum absolute atomic E-state index is 0.226. The Kier molecular flexibility index (Phi) is 4.99. The van der Waals surface area contributed by atoms with Crippen molar-refractivity contribution in [2.75, 3.05) is 26.4 Å². The van der Waals surface area contributed by atoms with Gasteiger partial charge in [-0.3, -0.25) is 0 Å². The lowest BCUT2D eigenvalue weighted by Gasteiger charge is -2.61. The fourth-order valence-corrected chi connectivity index (χ4v) is 12.2. The predicted molar refractivity (Wildman–Crippen MR) is 154 cm³/mol. The van der Waals surface area contributed by atoms with Crippen molar-refractivity contribution in [1.82, 2.24) is 0 Å². The third-order valence-corrected chi connectivity index (χ3v) is 12.9. The Labute approximate surface area is 238 Å². The van der Waals surface area contributed by atoms with Gasteiger partial charge in [0.2, 0.25) is 0 Å². The van der Waals surface area contributed by atoms with Crippen LogP contribution in [0.2, 0.25) is 0 Å². The van der Waals surface area contributed by atoms with Crippen LogP contribution >= 0.6 is 0 Å². The summed E-state index contributed by atoms with van der Waals surface area (Å²) in [5.41, 5.74) is 4.15. The summed E-state index contributed by atoms with van der Waals surface area (Å²) in [5.74, 6) is 7.51. The Morgan fingerprint density at radius 2 is 1.07 bits per heavy atom. The van der Waals surface area contributed by atoms with Crippen molar-refractivity contribution in [2.45, 2.75) is 100 Å². The van der Waals surface area contributed by atoms with E-state index in [-0.39, 0.29) is 12.2 Å². The molecule has 4 nitrogen and oxygen atoms in total. The van der Waals surface area contributed by atoms with Gasteiger partial charge in [-0.25, -0.2) is 0 Å². The van der Waals surface area contributed by atoms with Crippen molar-refractivity contribution in [2.24, 2.45) is 35.5 Å². The van der Waals surface area contributed by atoms with Crippen LogP contribution < -0.4 is 9.47 Å². The molecule has 0 amide bonds. The molecule has 0 aromatic heterocycles. The number of fused-ring (bicyclic) bond motifs is 1. The lowest BCUT2D eigenvalue weighted by molar-refractivity contribution is -0.0169. The highest BCUT2D eigenvalue weighted by atomic mass is 16.6. The quantitative estimate of drug-likeness (QED) is 0.329. The molecule has 12 rings (SSSR count). The van der Waals surface area contributed by atoms with Crippen LogP contribution in [0.5, 0.6) is 11.5 Å². The number of epoxide rings is 2. The molecule has 10 aliphatic rings. The summed E-state index contributed by atoms with van der Waals surface area (Å²) in [6.07, 6.45) is 17.8. The van der Waals surface area contributed by atoms with Crippen LogP contribution in [0.25, 0.3) is 10.8 Å².